The average molecular weight is 286 g/mol. The highest BCUT2D eigenvalue weighted by atomic mass is 16.6. The van der Waals surface area contributed by atoms with E-state index in [0.717, 1.165) is 30.6 Å². The first-order valence-corrected chi connectivity index (χ1v) is 7.63. The van der Waals surface area contributed by atoms with Crippen LogP contribution in [0.4, 0.5) is 0 Å². The summed E-state index contributed by atoms with van der Waals surface area (Å²) in [4.78, 5) is 24.0. The van der Waals surface area contributed by atoms with E-state index in [2.05, 4.69) is 12.1 Å². The van der Waals surface area contributed by atoms with Crippen LogP contribution in [-0.4, -0.2) is 24.6 Å². The minimum absolute atomic E-state index is 0.163. The van der Waals surface area contributed by atoms with Gasteiger partial charge in [-0.25, -0.2) is 0 Å². The van der Waals surface area contributed by atoms with Gasteiger partial charge in [0.15, 0.2) is 0 Å². The fraction of sp³-hybridized carbons (Fsp3) is 0.529. The van der Waals surface area contributed by atoms with Gasteiger partial charge in [0.25, 0.3) is 0 Å². The smallest absolute Gasteiger partial charge is 0.321 e. The molecule has 1 aromatic rings. The molecule has 0 saturated carbocycles. The molecule has 4 nitrogen and oxygen atoms in total. The molecule has 0 bridgehead atoms. The van der Waals surface area contributed by atoms with Crippen molar-refractivity contribution in [2.75, 3.05) is 6.61 Å². The van der Waals surface area contributed by atoms with E-state index in [-0.39, 0.29) is 29.9 Å². The van der Waals surface area contributed by atoms with Crippen molar-refractivity contribution >= 4 is 11.9 Å². The van der Waals surface area contributed by atoms with E-state index in [1.54, 1.807) is 0 Å². The van der Waals surface area contributed by atoms with Crippen LogP contribution < -0.4 is 0 Å². The highest BCUT2D eigenvalue weighted by Crippen LogP contribution is 2.49. The maximum atomic E-state index is 12.0. The maximum absolute atomic E-state index is 12.0. The summed E-state index contributed by atoms with van der Waals surface area (Å²) >= 11 is 0. The molecule has 0 spiro atoms. The van der Waals surface area contributed by atoms with Crippen molar-refractivity contribution in [3.63, 3.8) is 0 Å². The molecule has 0 N–H and O–H groups in total. The van der Waals surface area contributed by atoms with E-state index in [1.165, 1.54) is 5.56 Å². The van der Waals surface area contributed by atoms with Gasteiger partial charge in [-0.2, -0.15) is 0 Å². The minimum atomic E-state index is -0.412. The summed E-state index contributed by atoms with van der Waals surface area (Å²) in [6.07, 6.45) is 2.92. The lowest BCUT2D eigenvalue weighted by molar-refractivity contribution is -0.153. The number of carbonyl (C=O) groups excluding carboxylic acids is 2. The van der Waals surface area contributed by atoms with Gasteiger partial charge < -0.3 is 9.47 Å². The second-order valence-electron chi connectivity index (χ2n) is 6.35. The number of rotatable bonds is 1. The van der Waals surface area contributed by atoms with Crippen LogP contribution in [0.2, 0.25) is 0 Å². The largest absolute Gasteiger partial charge is 0.392 e. The quantitative estimate of drug-likeness (QED) is 0.588. The molecule has 0 amide bonds. The lowest BCUT2D eigenvalue weighted by atomic mass is 9.69. The fourth-order valence-electron chi connectivity index (χ4n) is 4.09. The molecule has 1 aromatic carbocycles. The lowest BCUT2D eigenvalue weighted by Crippen LogP contribution is -2.31. The Labute approximate surface area is 123 Å². The van der Waals surface area contributed by atoms with Crippen LogP contribution >= 0.6 is 0 Å². The highest BCUT2D eigenvalue weighted by Gasteiger charge is 2.51. The van der Waals surface area contributed by atoms with Crippen molar-refractivity contribution in [2.45, 2.75) is 44.1 Å². The van der Waals surface area contributed by atoms with Gasteiger partial charge in [-0.05, 0) is 37.3 Å². The van der Waals surface area contributed by atoms with Gasteiger partial charge in [0, 0.05) is 12.5 Å². The monoisotopic (exact) mass is 286 g/mol. The molecule has 2 heterocycles. The molecule has 21 heavy (non-hydrogen) atoms. The van der Waals surface area contributed by atoms with Crippen molar-refractivity contribution in [2.24, 2.45) is 5.92 Å². The van der Waals surface area contributed by atoms with Crippen molar-refractivity contribution in [1.82, 2.24) is 0 Å². The van der Waals surface area contributed by atoms with Crippen LogP contribution in [0.5, 0.6) is 0 Å². The predicted molar refractivity (Wildman–Crippen MR) is 74.8 cm³/mol. The van der Waals surface area contributed by atoms with E-state index >= 15 is 0 Å². The van der Waals surface area contributed by atoms with E-state index in [0.29, 0.717) is 6.42 Å². The summed E-state index contributed by atoms with van der Waals surface area (Å²) in [6, 6.07) is 6.21. The Hall–Kier alpha value is -1.68. The number of hydrogen-bond donors (Lipinski definition) is 0. The molecule has 4 unspecified atom stereocenters. The van der Waals surface area contributed by atoms with Crippen LogP contribution in [-0.2, 0) is 19.1 Å². The summed E-state index contributed by atoms with van der Waals surface area (Å²) in [7, 11) is 0. The molecule has 4 rings (SSSR count). The van der Waals surface area contributed by atoms with Crippen molar-refractivity contribution in [3.05, 3.63) is 34.9 Å². The Kier molecular flexibility index (Phi) is 2.89. The van der Waals surface area contributed by atoms with Crippen LogP contribution in [0.3, 0.4) is 0 Å². The van der Waals surface area contributed by atoms with Crippen LogP contribution in [0, 0.1) is 12.8 Å². The Balaban J connectivity index is 1.82. The van der Waals surface area contributed by atoms with E-state index < -0.39 is 5.92 Å². The Morgan fingerprint density at radius 3 is 2.71 bits per heavy atom. The third kappa shape index (κ3) is 1.93. The SMILES string of the molecule is Cc1ccc2c(c1)C1C(=O)OC(=O)C1CC2C1CCCO1. The van der Waals surface area contributed by atoms with Crippen molar-refractivity contribution < 1.29 is 19.1 Å². The molecule has 0 radical (unpaired) electrons. The van der Waals surface area contributed by atoms with Crippen LogP contribution in [0.25, 0.3) is 0 Å². The normalized spacial score (nSPS) is 34.5. The molecule has 4 heteroatoms. The molecular weight excluding hydrogens is 268 g/mol. The molecular formula is C17H18O4. The van der Waals surface area contributed by atoms with Gasteiger partial charge in [0.1, 0.15) is 0 Å². The minimum Gasteiger partial charge on any atom is -0.392 e. The van der Waals surface area contributed by atoms with E-state index in [1.807, 2.05) is 13.0 Å². The lowest BCUT2D eigenvalue weighted by Gasteiger charge is -2.34. The number of carbonyl (C=O) groups is 2. The summed E-state index contributed by atoms with van der Waals surface area (Å²) in [5.74, 6) is -1.29. The molecule has 2 fully saturated rings. The number of hydrogen-bond acceptors (Lipinski definition) is 4. The zero-order valence-electron chi connectivity index (χ0n) is 12.0. The first-order chi connectivity index (χ1) is 10.1. The predicted octanol–water partition coefficient (Wildman–Crippen LogP) is 2.44. The first-order valence-electron chi connectivity index (χ1n) is 7.63. The standard InChI is InChI=1S/C17H18O4/c1-9-4-5-10-11(14-3-2-6-20-14)8-13-15(12(10)7-9)17(19)21-16(13)18/h4-5,7,11,13-15H,2-3,6,8H2,1H3. The summed E-state index contributed by atoms with van der Waals surface area (Å²) in [5, 5.41) is 0. The van der Waals surface area contributed by atoms with E-state index in [9.17, 15) is 9.59 Å². The fourth-order valence-corrected chi connectivity index (χ4v) is 4.09. The Bertz CT molecular complexity index is 615. The number of ether oxygens (including phenoxy) is 2. The van der Waals surface area contributed by atoms with Gasteiger partial charge in [-0.15, -0.1) is 0 Å². The average Bonchev–Trinajstić information content (AvgIpc) is 3.07. The van der Waals surface area contributed by atoms with Crippen LogP contribution in [0.15, 0.2) is 18.2 Å². The molecule has 110 valence electrons. The summed E-state index contributed by atoms with van der Waals surface area (Å²) < 4.78 is 10.8. The number of cyclic esters (lactones) is 2. The van der Waals surface area contributed by atoms with Gasteiger partial charge in [-0.3, -0.25) is 9.59 Å². The number of benzene rings is 1. The molecule has 3 aliphatic rings. The van der Waals surface area contributed by atoms with Gasteiger partial charge in [0.2, 0.25) is 0 Å². The second-order valence-corrected chi connectivity index (χ2v) is 6.35. The number of esters is 2. The van der Waals surface area contributed by atoms with E-state index in [4.69, 9.17) is 9.47 Å². The Morgan fingerprint density at radius 2 is 1.95 bits per heavy atom. The van der Waals surface area contributed by atoms with Crippen molar-refractivity contribution in [1.29, 1.82) is 0 Å². The van der Waals surface area contributed by atoms with Gasteiger partial charge >= 0.3 is 11.9 Å². The zero-order valence-corrected chi connectivity index (χ0v) is 12.0. The summed E-state index contributed by atoms with van der Waals surface area (Å²) in [6.45, 7) is 2.80. The topological polar surface area (TPSA) is 52.6 Å². The highest BCUT2D eigenvalue weighted by molar-refractivity contribution is 6.00. The van der Waals surface area contributed by atoms with Crippen LogP contribution in [0.1, 0.15) is 47.8 Å². The summed E-state index contributed by atoms with van der Waals surface area (Å²) in [5.41, 5.74) is 3.25. The molecule has 1 aliphatic carbocycles. The molecule has 0 aromatic heterocycles. The maximum Gasteiger partial charge on any atom is 0.321 e. The van der Waals surface area contributed by atoms with Gasteiger partial charge in [0.05, 0.1) is 17.9 Å². The molecule has 2 aliphatic heterocycles. The number of aryl methyl sites for hydroxylation is 1. The molecule has 2 saturated heterocycles. The Morgan fingerprint density at radius 1 is 1.10 bits per heavy atom. The van der Waals surface area contributed by atoms with Gasteiger partial charge in [-0.1, -0.05) is 23.8 Å². The first kappa shape index (κ1) is 13.0. The number of fused-ring (bicyclic) bond motifs is 3. The molecule has 4 atom stereocenters. The third-order valence-corrected chi connectivity index (χ3v) is 5.06. The third-order valence-electron chi connectivity index (χ3n) is 5.06. The second kappa shape index (κ2) is 4.67. The van der Waals surface area contributed by atoms with Crippen molar-refractivity contribution in [3.8, 4) is 0 Å². The zero-order chi connectivity index (χ0) is 14.6.